The SMILES string of the molecule is [N-]=[N+]=NCCC(=O)Nc1c(I)c(C(=O)NCC(O)CO)c(I)c(C(=O)NCC(O)CO)c1I. The van der Waals surface area contributed by atoms with Crippen LogP contribution in [0.25, 0.3) is 10.4 Å². The summed E-state index contributed by atoms with van der Waals surface area (Å²) in [6, 6.07) is 0. The normalized spacial score (nSPS) is 12.3. The first-order valence-corrected chi connectivity index (χ1v) is 12.5. The van der Waals surface area contributed by atoms with E-state index in [1.165, 1.54) is 0 Å². The van der Waals surface area contributed by atoms with Crippen molar-refractivity contribution in [3.8, 4) is 0 Å². The molecular formula is C17H21I3N6O7. The lowest BCUT2D eigenvalue weighted by Crippen LogP contribution is -2.37. The molecule has 0 fully saturated rings. The van der Waals surface area contributed by atoms with Crippen molar-refractivity contribution < 1.29 is 34.8 Å². The molecule has 0 saturated carbocycles. The Morgan fingerprint density at radius 1 is 0.909 bits per heavy atom. The van der Waals surface area contributed by atoms with Gasteiger partial charge in [0.05, 0.1) is 49.4 Å². The number of halogens is 3. The number of nitrogens with zero attached hydrogens (tertiary/aromatic N) is 3. The highest BCUT2D eigenvalue weighted by atomic mass is 127. The lowest BCUT2D eigenvalue weighted by molar-refractivity contribution is -0.116. The molecule has 3 amide bonds. The number of aliphatic hydroxyl groups excluding tert-OH is 4. The second-order valence-corrected chi connectivity index (χ2v) is 9.65. The number of hydrogen-bond acceptors (Lipinski definition) is 8. The Balaban J connectivity index is 3.46. The van der Waals surface area contributed by atoms with Crippen LogP contribution in [0.15, 0.2) is 5.11 Å². The van der Waals surface area contributed by atoms with E-state index in [4.69, 9.17) is 15.7 Å². The lowest BCUT2D eigenvalue weighted by atomic mass is 10.1. The first-order valence-electron chi connectivity index (χ1n) is 9.24. The van der Waals surface area contributed by atoms with E-state index < -0.39 is 43.1 Å². The average molecular weight is 802 g/mol. The molecular weight excluding hydrogens is 781 g/mol. The summed E-state index contributed by atoms with van der Waals surface area (Å²) in [5.41, 5.74) is 8.66. The summed E-state index contributed by atoms with van der Waals surface area (Å²) in [6.45, 7) is -1.70. The van der Waals surface area contributed by atoms with Crippen molar-refractivity contribution in [3.05, 3.63) is 32.3 Å². The van der Waals surface area contributed by atoms with Crippen LogP contribution in [-0.4, -0.2) is 83.2 Å². The summed E-state index contributed by atoms with van der Waals surface area (Å²) in [4.78, 5) is 40.6. The molecule has 13 nitrogen and oxygen atoms in total. The zero-order valence-electron chi connectivity index (χ0n) is 16.9. The molecule has 0 aromatic heterocycles. The molecule has 7 N–H and O–H groups in total. The summed E-state index contributed by atoms with van der Waals surface area (Å²) < 4.78 is 0.892. The second kappa shape index (κ2) is 15.1. The van der Waals surface area contributed by atoms with Gasteiger partial charge in [0.2, 0.25) is 5.91 Å². The number of carbonyl (C=O) groups excluding carboxylic acids is 3. The van der Waals surface area contributed by atoms with Gasteiger partial charge in [0.15, 0.2) is 0 Å². The standard InChI is InChI=1S/C17H21I3N6O7/c18-12-10(16(32)22-3-7(29)5-27)13(19)15(25-9(31)1-2-24-26-21)14(20)11(12)17(33)23-4-8(30)6-28/h7-8,27-30H,1-6H2,(H,22,32)(H,23,33)(H,25,31). The summed E-state index contributed by atoms with van der Waals surface area (Å²) in [5, 5.41) is 47.8. The Morgan fingerprint density at radius 3 is 1.76 bits per heavy atom. The number of carbonyl (C=O) groups is 3. The minimum absolute atomic E-state index is 0.0555. The zero-order chi connectivity index (χ0) is 25.1. The first-order chi connectivity index (χ1) is 15.6. The van der Waals surface area contributed by atoms with Gasteiger partial charge in [-0.2, -0.15) is 0 Å². The third-order valence-electron chi connectivity index (χ3n) is 3.96. The minimum Gasteiger partial charge on any atom is -0.394 e. The van der Waals surface area contributed by atoms with Crippen LogP contribution in [0.1, 0.15) is 27.1 Å². The van der Waals surface area contributed by atoms with Crippen LogP contribution in [0.4, 0.5) is 5.69 Å². The topological polar surface area (TPSA) is 217 Å². The van der Waals surface area contributed by atoms with Gasteiger partial charge in [-0.25, -0.2) is 0 Å². The van der Waals surface area contributed by atoms with E-state index in [0.29, 0.717) is 7.14 Å². The average Bonchev–Trinajstić information content (AvgIpc) is 2.78. The molecule has 0 radical (unpaired) electrons. The molecule has 2 unspecified atom stereocenters. The number of azide groups is 1. The Bertz CT molecular complexity index is 889. The predicted molar refractivity (Wildman–Crippen MR) is 143 cm³/mol. The maximum atomic E-state index is 12.9. The highest BCUT2D eigenvalue weighted by Crippen LogP contribution is 2.36. The van der Waals surface area contributed by atoms with Crippen molar-refractivity contribution in [2.24, 2.45) is 5.11 Å². The molecule has 1 aromatic carbocycles. The van der Waals surface area contributed by atoms with Gasteiger partial charge in [0.1, 0.15) is 0 Å². The summed E-state index contributed by atoms with van der Waals surface area (Å²) in [5.74, 6) is -1.81. The van der Waals surface area contributed by atoms with E-state index >= 15 is 0 Å². The van der Waals surface area contributed by atoms with Gasteiger partial charge in [-0.05, 0) is 73.3 Å². The van der Waals surface area contributed by atoms with Crippen LogP contribution in [-0.2, 0) is 4.79 Å². The third kappa shape index (κ3) is 8.92. The van der Waals surface area contributed by atoms with Crippen LogP contribution in [0.3, 0.4) is 0 Å². The molecule has 33 heavy (non-hydrogen) atoms. The highest BCUT2D eigenvalue weighted by molar-refractivity contribution is 14.1. The number of aliphatic hydroxyl groups is 4. The van der Waals surface area contributed by atoms with Crippen LogP contribution < -0.4 is 16.0 Å². The molecule has 1 rings (SSSR count). The molecule has 0 saturated heterocycles. The van der Waals surface area contributed by atoms with Crippen molar-refractivity contribution in [1.29, 1.82) is 0 Å². The monoisotopic (exact) mass is 802 g/mol. The molecule has 0 aliphatic carbocycles. The number of benzene rings is 1. The molecule has 0 spiro atoms. The smallest absolute Gasteiger partial charge is 0.253 e. The van der Waals surface area contributed by atoms with E-state index in [-0.39, 0.29) is 46.4 Å². The fraction of sp³-hybridized carbons (Fsp3) is 0.471. The van der Waals surface area contributed by atoms with E-state index in [1.807, 2.05) is 67.8 Å². The van der Waals surface area contributed by atoms with Crippen molar-refractivity contribution >= 4 is 91.2 Å². The van der Waals surface area contributed by atoms with Gasteiger partial charge in [-0.15, -0.1) is 0 Å². The van der Waals surface area contributed by atoms with Gasteiger partial charge in [-0.3, -0.25) is 14.4 Å². The molecule has 1 aromatic rings. The maximum Gasteiger partial charge on any atom is 0.253 e. The van der Waals surface area contributed by atoms with Crippen LogP contribution >= 0.6 is 67.8 Å². The van der Waals surface area contributed by atoms with Crippen molar-refractivity contribution in [2.75, 3.05) is 38.2 Å². The predicted octanol–water partition coefficient (Wildman–Crippen LogP) is 0.305. The lowest BCUT2D eigenvalue weighted by Gasteiger charge is -2.20. The van der Waals surface area contributed by atoms with Crippen molar-refractivity contribution in [3.63, 3.8) is 0 Å². The quantitative estimate of drug-likeness (QED) is 0.0679. The molecule has 0 aliphatic rings. The van der Waals surface area contributed by atoms with Gasteiger partial charge < -0.3 is 36.4 Å². The fourth-order valence-electron chi connectivity index (χ4n) is 2.30. The fourth-order valence-corrected chi connectivity index (χ4v) is 6.71. The van der Waals surface area contributed by atoms with E-state index in [9.17, 15) is 24.6 Å². The van der Waals surface area contributed by atoms with Gasteiger partial charge >= 0.3 is 0 Å². The van der Waals surface area contributed by atoms with Crippen molar-refractivity contribution in [1.82, 2.24) is 10.6 Å². The number of rotatable bonds is 12. The molecule has 2 atom stereocenters. The van der Waals surface area contributed by atoms with Crippen LogP contribution in [0, 0.1) is 10.7 Å². The Hall–Kier alpha value is -1.03. The van der Waals surface area contributed by atoms with Crippen molar-refractivity contribution in [2.45, 2.75) is 18.6 Å². The summed E-state index contributed by atoms with van der Waals surface area (Å²) in [6.07, 6.45) is -2.50. The summed E-state index contributed by atoms with van der Waals surface area (Å²) >= 11 is 5.50. The Morgan fingerprint density at radius 2 is 1.36 bits per heavy atom. The maximum absolute atomic E-state index is 12.9. The number of nitrogens with one attached hydrogen (secondary N) is 3. The van der Waals surface area contributed by atoms with Gasteiger partial charge in [0, 0.05) is 34.5 Å². The zero-order valence-corrected chi connectivity index (χ0v) is 23.4. The highest BCUT2D eigenvalue weighted by Gasteiger charge is 2.29. The van der Waals surface area contributed by atoms with E-state index in [1.54, 1.807) is 0 Å². The molecule has 182 valence electrons. The van der Waals surface area contributed by atoms with E-state index in [2.05, 4.69) is 26.0 Å². The Labute approximate surface area is 229 Å². The van der Waals surface area contributed by atoms with Gasteiger partial charge in [-0.1, -0.05) is 5.11 Å². The molecule has 0 aliphatic heterocycles. The number of anilines is 1. The van der Waals surface area contributed by atoms with Crippen LogP contribution in [0.5, 0.6) is 0 Å². The Kier molecular flexibility index (Phi) is 13.7. The first kappa shape index (κ1) is 30.0. The third-order valence-corrected chi connectivity index (χ3v) is 7.19. The van der Waals surface area contributed by atoms with E-state index in [0.717, 1.165) is 0 Å². The number of amides is 3. The largest absolute Gasteiger partial charge is 0.394 e. The molecule has 16 heteroatoms. The second-order valence-electron chi connectivity index (χ2n) is 6.41. The minimum atomic E-state index is -1.18. The van der Waals surface area contributed by atoms with Crippen LogP contribution in [0.2, 0.25) is 0 Å². The number of hydrogen-bond donors (Lipinski definition) is 7. The molecule has 0 bridgehead atoms. The summed E-state index contributed by atoms with van der Waals surface area (Å²) in [7, 11) is 0. The molecule has 0 heterocycles. The van der Waals surface area contributed by atoms with Gasteiger partial charge in [0.25, 0.3) is 11.8 Å².